The summed E-state index contributed by atoms with van der Waals surface area (Å²) in [5, 5.41) is 12.4. The van der Waals surface area contributed by atoms with Crippen LogP contribution in [0.15, 0.2) is 29.4 Å². The lowest BCUT2D eigenvalue weighted by atomic mass is 10.2. The highest BCUT2D eigenvalue weighted by Crippen LogP contribution is 2.36. The van der Waals surface area contributed by atoms with E-state index in [0.717, 1.165) is 18.4 Å². The Labute approximate surface area is 175 Å². The van der Waals surface area contributed by atoms with E-state index in [1.807, 2.05) is 4.90 Å². The number of alkyl halides is 3. The molecule has 1 amide bonds. The molecular formula is C18H21F3N6O2S. The zero-order chi connectivity index (χ0) is 21.1. The first-order valence-electron chi connectivity index (χ1n) is 9.63. The molecule has 162 valence electrons. The van der Waals surface area contributed by atoms with Gasteiger partial charge in [-0.15, -0.1) is 18.3 Å². The summed E-state index contributed by atoms with van der Waals surface area (Å²) in [6, 6.07) is 6.25. The van der Waals surface area contributed by atoms with Crippen molar-refractivity contribution in [3.8, 4) is 5.75 Å². The first kappa shape index (κ1) is 20.9. The van der Waals surface area contributed by atoms with Gasteiger partial charge < -0.3 is 9.64 Å². The lowest BCUT2D eigenvalue weighted by Crippen LogP contribution is -2.48. The van der Waals surface area contributed by atoms with Crippen LogP contribution in [-0.4, -0.2) is 74.2 Å². The van der Waals surface area contributed by atoms with E-state index in [2.05, 4.69) is 25.2 Å². The third-order valence-electron chi connectivity index (χ3n) is 4.97. The quantitative estimate of drug-likeness (QED) is 0.610. The van der Waals surface area contributed by atoms with Crippen LogP contribution in [0.5, 0.6) is 5.75 Å². The van der Waals surface area contributed by atoms with Crippen molar-refractivity contribution < 1.29 is 22.7 Å². The number of carbonyl (C=O) groups excluding carboxylic acids is 1. The maximum absolute atomic E-state index is 12.5. The van der Waals surface area contributed by atoms with Gasteiger partial charge in [-0.1, -0.05) is 23.9 Å². The Morgan fingerprint density at radius 3 is 2.47 bits per heavy atom. The number of hydrogen-bond acceptors (Lipinski definition) is 7. The number of ether oxygens (including phenoxy) is 1. The fourth-order valence-electron chi connectivity index (χ4n) is 3.26. The molecule has 0 radical (unpaired) electrons. The highest BCUT2D eigenvalue weighted by atomic mass is 32.2. The van der Waals surface area contributed by atoms with E-state index in [1.165, 1.54) is 23.9 Å². The SMILES string of the molecule is O=C(CSc1nnnn1C1CC1)N1CCN(Cc2ccc(OC(F)(F)F)cc2)CC1. The molecule has 30 heavy (non-hydrogen) atoms. The van der Waals surface area contributed by atoms with Gasteiger partial charge in [0.05, 0.1) is 11.8 Å². The third-order valence-corrected chi connectivity index (χ3v) is 5.89. The summed E-state index contributed by atoms with van der Waals surface area (Å²) >= 11 is 1.36. The van der Waals surface area contributed by atoms with Crippen molar-refractivity contribution in [2.45, 2.75) is 36.9 Å². The van der Waals surface area contributed by atoms with Gasteiger partial charge in [-0.25, -0.2) is 4.68 Å². The Bertz CT molecular complexity index is 864. The molecule has 12 heteroatoms. The Morgan fingerprint density at radius 2 is 1.83 bits per heavy atom. The lowest BCUT2D eigenvalue weighted by molar-refractivity contribution is -0.274. The molecule has 2 heterocycles. The number of rotatable bonds is 7. The first-order valence-corrected chi connectivity index (χ1v) is 10.6. The third kappa shape index (κ3) is 5.63. The fourth-order valence-corrected chi connectivity index (χ4v) is 4.10. The molecular weight excluding hydrogens is 421 g/mol. The van der Waals surface area contributed by atoms with Crippen molar-refractivity contribution in [3.63, 3.8) is 0 Å². The molecule has 2 aliphatic rings. The zero-order valence-corrected chi connectivity index (χ0v) is 16.9. The molecule has 8 nitrogen and oxygen atoms in total. The molecule has 0 N–H and O–H groups in total. The summed E-state index contributed by atoms with van der Waals surface area (Å²) in [4.78, 5) is 16.5. The molecule has 0 unspecified atom stereocenters. The second kappa shape index (κ2) is 8.80. The van der Waals surface area contributed by atoms with E-state index in [0.29, 0.717) is 49.7 Å². The van der Waals surface area contributed by atoms with Gasteiger partial charge in [0.15, 0.2) is 0 Å². The van der Waals surface area contributed by atoms with Gasteiger partial charge in [-0.05, 0) is 41.0 Å². The Morgan fingerprint density at radius 1 is 1.13 bits per heavy atom. The van der Waals surface area contributed by atoms with Gasteiger partial charge in [-0.3, -0.25) is 9.69 Å². The van der Waals surface area contributed by atoms with Crippen molar-refractivity contribution in [2.24, 2.45) is 0 Å². The van der Waals surface area contributed by atoms with E-state index >= 15 is 0 Å². The van der Waals surface area contributed by atoms with E-state index in [-0.39, 0.29) is 11.7 Å². The molecule has 2 fully saturated rings. The van der Waals surface area contributed by atoms with E-state index in [1.54, 1.807) is 16.8 Å². The van der Waals surface area contributed by atoms with Crippen molar-refractivity contribution >= 4 is 17.7 Å². The predicted octanol–water partition coefficient (Wildman–Crippen LogP) is 2.34. The predicted molar refractivity (Wildman–Crippen MR) is 102 cm³/mol. The number of halogens is 3. The molecule has 1 aromatic carbocycles. The number of amides is 1. The number of nitrogens with zero attached hydrogens (tertiary/aromatic N) is 6. The summed E-state index contributed by atoms with van der Waals surface area (Å²) in [7, 11) is 0. The standard InChI is InChI=1S/C18H21F3N6O2S/c19-18(20,21)29-15-5-1-13(2-6-15)11-25-7-9-26(10-8-25)16(28)12-30-17-22-23-24-27(17)14-3-4-14/h1-2,5-6,14H,3-4,7-12H2. The van der Waals surface area contributed by atoms with Gasteiger partial charge in [0, 0.05) is 32.7 Å². The second-order valence-corrected chi connectivity index (χ2v) is 8.22. The Balaban J connectivity index is 1.20. The van der Waals surface area contributed by atoms with Gasteiger partial charge in [0.2, 0.25) is 11.1 Å². The average Bonchev–Trinajstić information content (AvgIpc) is 3.45. The number of aromatic nitrogens is 4. The molecule has 1 saturated carbocycles. The number of thioether (sulfide) groups is 1. The van der Waals surface area contributed by atoms with E-state index in [4.69, 9.17) is 0 Å². The van der Waals surface area contributed by atoms with E-state index in [9.17, 15) is 18.0 Å². The number of carbonyl (C=O) groups is 1. The largest absolute Gasteiger partial charge is 0.573 e. The summed E-state index contributed by atoms with van der Waals surface area (Å²) in [6.45, 7) is 3.25. The summed E-state index contributed by atoms with van der Waals surface area (Å²) in [6.07, 6.45) is -2.54. The highest BCUT2D eigenvalue weighted by molar-refractivity contribution is 7.99. The van der Waals surface area contributed by atoms with Crippen LogP contribution >= 0.6 is 11.8 Å². The maximum atomic E-state index is 12.5. The second-order valence-electron chi connectivity index (χ2n) is 7.27. The molecule has 1 aromatic heterocycles. The van der Waals surface area contributed by atoms with Crippen LogP contribution in [0.2, 0.25) is 0 Å². The van der Waals surface area contributed by atoms with Crippen LogP contribution in [0.1, 0.15) is 24.4 Å². The molecule has 0 spiro atoms. The van der Waals surface area contributed by atoms with Crippen molar-refractivity contribution in [3.05, 3.63) is 29.8 Å². The van der Waals surface area contributed by atoms with Crippen LogP contribution in [0.3, 0.4) is 0 Å². The summed E-state index contributed by atoms with van der Waals surface area (Å²) < 4.78 is 42.4. The van der Waals surface area contributed by atoms with Crippen molar-refractivity contribution in [2.75, 3.05) is 31.9 Å². The zero-order valence-electron chi connectivity index (χ0n) is 16.1. The van der Waals surface area contributed by atoms with Crippen LogP contribution in [0.25, 0.3) is 0 Å². The van der Waals surface area contributed by atoms with Crippen molar-refractivity contribution in [1.29, 1.82) is 0 Å². The maximum Gasteiger partial charge on any atom is 0.573 e. The summed E-state index contributed by atoms with van der Waals surface area (Å²) in [5.74, 6) is 0.124. The Hall–Kier alpha value is -2.34. The minimum atomic E-state index is -4.69. The number of piperazine rings is 1. The minimum absolute atomic E-state index is 0.0543. The van der Waals surface area contributed by atoms with Crippen LogP contribution in [-0.2, 0) is 11.3 Å². The molecule has 0 bridgehead atoms. The molecule has 0 atom stereocenters. The topological polar surface area (TPSA) is 76.4 Å². The monoisotopic (exact) mass is 442 g/mol. The minimum Gasteiger partial charge on any atom is -0.406 e. The van der Waals surface area contributed by atoms with E-state index < -0.39 is 6.36 Å². The summed E-state index contributed by atoms with van der Waals surface area (Å²) in [5.41, 5.74) is 0.895. The molecule has 4 rings (SSSR count). The first-order chi connectivity index (χ1) is 14.4. The van der Waals surface area contributed by atoms with Gasteiger partial charge in [-0.2, -0.15) is 0 Å². The van der Waals surface area contributed by atoms with Gasteiger partial charge >= 0.3 is 6.36 Å². The van der Waals surface area contributed by atoms with Crippen LogP contribution in [0.4, 0.5) is 13.2 Å². The smallest absolute Gasteiger partial charge is 0.406 e. The van der Waals surface area contributed by atoms with Gasteiger partial charge in [0.1, 0.15) is 5.75 Å². The normalized spacial score (nSPS) is 17.9. The Kier molecular flexibility index (Phi) is 6.14. The number of hydrogen-bond donors (Lipinski definition) is 0. The highest BCUT2D eigenvalue weighted by Gasteiger charge is 2.31. The average molecular weight is 442 g/mol. The van der Waals surface area contributed by atoms with Gasteiger partial charge in [0.25, 0.3) is 0 Å². The van der Waals surface area contributed by atoms with Crippen LogP contribution in [0, 0.1) is 0 Å². The molecule has 2 aromatic rings. The lowest BCUT2D eigenvalue weighted by Gasteiger charge is -2.34. The fraction of sp³-hybridized carbons (Fsp3) is 0.556. The van der Waals surface area contributed by atoms with Crippen molar-refractivity contribution in [1.82, 2.24) is 30.0 Å². The molecule has 1 aliphatic heterocycles. The molecule has 1 saturated heterocycles. The number of benzene rings is 1. The van der Waals surface area contributed by atoms with Crippen LogP contribution < -0.4 is 4.74 Å². The molecule has 1 aliphatic carbocycles. The number of tetrazole rings is 1.